The van der Waals surface area contributed by atoms with Gasteiger partial charge in [0.2, 0.25) is 10.5 Å². The van der Waals surface area contributed by atoms with Crippen molar-refractivity contribution in [1.82, 2.24) is 4.98 Å². The molecule has 0 fully saturated rings. The molecule has 0 saturated carbocycles. The van der Waals surface area contributed by atoms with Crippen LogP contribution in [0.2, 0.25) is 0 Å². The molecule has 0 aliphatic carbocycles. The number of hydrogen-bond donors (Lipinski definition) is 2. The lowest BCUT2D eigenvalue weighted by Crippen LogP contribution is -2.38. The predicted octanol–water partition coefficient (Wildman–Crippen LogP) is 3.49. The molecule has 2 aromatic heterocycles. The highest BCUT2D eigenvalue weighted by atomic mass is 32.2. The van der Waals surface area contributed by atoms with Crippen molar-refractivity contribution in [2.75, 3.05) is 11.5 Å². The highest BCUT2D eigenvalue weighted by molar-refractivity contribution is 7.86. The molecular formula is C21H23N2O6S4+. The van der Waals surface area contributed by atoms with Gasteiger partial charge in [-0.15, -0.1) is 11.3 Å². The van der Waals surface area contributed by atoms with E-state index in [0.29, 0.717) is 19.4 Å². The summed E-state index contributed by atoms with van der Waals surface area (Å²) >= 11 is 3.20. The second-order valence-electron chi connectivity index (χ2n) is 7.69. The first-order chi connectivity index (χ1) is 15.6. The van der Waals surface area contributed by atoms with Gasteiger partial charge in [0.25, 0.3) is 20.2 Å². The summed E-state index contributed by atoms with van der Waals surface area (Å²) in [6, 6.07) is 13.7. The summed E-state index contributed by atoms with van der Waals surface area (Å²) in [6.45, 7) is 0.384. The summed E-state index contributed by atoms with van der Waals surface area (Å²) in [6.07, 6.45) is 1.54. The Balaban J connectivity index is 1.70. The molecule has 176 valence electrons. The monoisotopic (exact) mass is 527 g/mol. The summed E-state index contributed by atoms with van der Waals surface area (Å²) in [5.41, 5.74) is 2.78. The van der Waals surface area contributed by atoms with Gasteiger partial charge >= 0.3 is 0 Å². The lowest BCUT2D eigenvalue weighted by molar-refractivity contribution is -0.674. The average molecular weight is 528 g/mol. The minimum Gasteiger partial charge on any atom is -0.286 e. The maximum absolute atomic E-state index is 11.3. The van der Waals surface area contributed by atoms with Crippen molar-refractivity contribution in [3.8, 4) is 0 Å². The van der Waals surface area contributed by atoms with Crippen LogP contribution in [0.3, 0.4) is 0 Å². The first-order valence-electron chi connectivity index (χ1n) is 10.3. The molecule has 4 aromatic rings. The first kappa shape index (κ1) is 24.2. The number of benzene rings is 2. The van der Waals surface area contributed by atoms with Gasteiger partial charge in [-0.25, -0.2) is 4.98 Å². The van der Waals surface area contributed by atoms with E-state index in [2.05, 4.69) is 4.57 Å². The fourth-order valence-electron chi connectivity index (χ4n) is 3.81. The second kappa shape index (κ2) is 9.72. The highest BCUT2D eigenvalue weighted by Crippen LogP contribution is 2.29. The Hall–Kier alpha value is -1.96. The van der Waals surface area contributed by atoms with Gasteiger partial charge in [0.1, 0.15) is 9.71 Å². The molecule has 33 heavy (non-hydrogen) atoms. The predicted molar refractivity (Wildman–Crippen MR) is 130 cm³/mol. The van der Waals surface area contributed by atoms with E-state index < -0.39 is 20.2 Å². The van der Waals surface area contributed by atoms with Crippen molar-refractivity contribution in [2.24, 2.45) is 0 Å². The quantitative estimate of drug-likeness (QED) is 0.239. The second-order valence-corrected chi connectivity index (χ2v) is 13.1. The molecular weight excluding hydrogens is 505 g/mol. The minimum absolute atomic E-state index is 0.238. The SMILES string of the molecule is O=S(=O)(O)CCCc1cccc2sc(Cc3nc4ccccc4s3)[n+](CCCS(=O)(=O)O)c12. The molecule has 0 bridgehead atoms. The number of hydrogen-bond acceptors (Lipinski definition) is 7. The minimum atomic E-state index is -4.08. The molecule has 2 N–H and O–H groups in total. The van der Waals surface area contributed by atoms with Gasteiger partial charge in [-0.05, 0) is 31.0 Å². The molecule has 8 nitrogen and oxygen atoms in total. The number of nitrogens with zero attached hydrogens (tertiary/aromatic N) is 2. The molecule has 0 amide bonds. The number of para-hydroxylation sites is 2. The van der Waals surface area contributed by atoms with Crippen molar-refractivity contribution in [3.63, 3.8) is 0 Å². The van der Waals surface area contributed by atoms with E-state index in [4.69, 9.17) is 14.1 Å². The third-order valence-electron chi connectivity index (χ3n) is 5.15. The van der Waals surface area contributed by atoms with Crippen LogP contribution in [0.15, 0.2) is 42.5 Å². The van der Waals surface area contributed by atoms with E-state index in [1.54, 1.807) is 22.7 Å². The first-order valence-corrected chi connectivity index (χ1v) is 15.1. The van der Waals surface area contributed by atoms with Crippen LogP contribution in [0.1, 0.15) is 28.4 Å². The molecule has 12 heteroatoms. The van der Waals surface area contributed by atoms with Crippen LogP contribution in [-0.2, 0) is 39.6 Å². The molecule has 4 rings (SSSR count). The van der Waals surface area contributed by atoms with Crippen molar-refractivity contribution < 1.29 is 30.5 Å². The fraction of sp³-hybridized carbons (Fsp3) is 0.333. The number of aryl methyl sites for hydroxylation is 2. The lowest BCUT2D eigenvalue weighted by Gasteiger charge is -2.03. The maximum atomic E-state index is 11.3. The zero-order valence-electron chi connectivity index (χ0n) is 17.5. The standard InChI is InChI=1S/C21H22N2O6S4/c24-32(25,26)12-4-7-15-6-3-10-18-21(15)23(11-5-13-33(27,28)29)20(31-18)14-19-22-16-8-1-2-9-17(16)30-19/h1-3,6,8-10H,4-5,7,11-14H2,(H-,24,25,26,27,28,29)/p+1. The van der Waals surface area contributed by atoms with Gasteiger partial charge in [-0.1, -0.05) is 35.6 Å². The van der Waals surface area contributed by atoms with E-state index >= 15 is 0 Å². The fourth-order valence-corrected chi connectivity index (χ4v) is 7.11. The molecule has 2 heterocycles. The average Bonchev–Trinajstić information content (AvgIpc) is 3.27. The summed E-state index contributed by atoms with van der Waals surface area (Å²) in [4.78, 5) is 4.72. The molecule has 0 unspecified atom stereocenters. The number of aromatic nitrogens is 2. The maximum Gasteiger partial charge on any atom is 0.265 e. The highest BCUT2D eigenvalue weighted by Gasteiger charge is 2.25. The van der Waals surface area contributed by atoms with Crippen LogP contribution in [0.25, 0.3) is 20.4 Å². The number of thiazole rings is 2. The van der Waals surface area contributed by atoms with Gasteiger partial charge in [0.15, 0.2) is 6.54 Å². The van der Waals surface area contributed by atoms with Crippen LogP contribution in [0.4, 0.5) is 0 Å². The third kappa shape index (κ3) is 6.34. The summed E-state index contributed by atoms with van der Waals surface area (Å²) in [7, 11) is -8.12. The van der Waals surface area contributed by atoms with Crippen LogP contribution in [0, 0.1) is 0 Å². The van der Waals surface area contributed by atoms with Crippen LogP contribution in [0.5, 0.6) is 0 Å². The molecule has 0 radical (unpaired) electrons. The van der Waals surface area contributed by atoms with E-state index in [9.17, 15) is 16.8 Å². The van der Waals surface area contributed by atoms with E-state index in [1.807, 2.05) is 42.5 Å². The van der Waals surface area contributed by atoms with Crippen LogP contribution < -0.4 is 4.57 Å². The van der Waals surface area contributed by atoms with Crippen LogP contribution in [-0.4, -0.2) is 42.4 Å². The molecule has 0 saturated heterocycles. The van der Waals surface area contributed by atoms with Crippen molar-refractivity contribution in [1.29, 1.82) is 0 Å². The Morgan fingerprint density at radius 1 is 0.848 bits per heavy atom. The molecule has 0 aliphatic heterocycles. The molecule has 2 aromatic carbocycles. The Kier molecular flexibility index (Phi) is 7.12. The zero-order valence-corrected chi connectivity index (χ0v) is 20.8. The Bertz CT molecular complexity index is 1470. The Morgan fingerprint density at radius 2 is 1.55 bits per heavy atom. The van der Waals surface area contributed by atoms with Gasteiger partial charge in [-0.3, -0.25) is 9.11 Å². The number of rotatable bonds is 10. The Morgan fingerprint density at radius 3 is 2.27 bits per heavy atom. The van der Waals surface area contributed by atoms with Gasteiger partial charge in [-0.2, -0.15) is 21.4 Å². The van der Waals surface area contributed by atoms with Gasteiger partial charge in [0, 0.05) is 12.0 Å². The lowest BCUT2D eigenvalue weighted by atomic mass is 10.1. The Labute approximate surface area is 200 Å². The summed E-state index contributed by atoms with van der Waals surface area (Å²) < 4.78 is 67.2. The van der Waals surface area contributed by atoms with Crippen molar-refractivity contribution >= 4 is 63.3 Å². The normalized spacial score (nSPS) is 12.7. The van der Waals surface area contributed by atoms with Crippen molar-refractivity contribution in [3.05, 3.63) is 58.0 Å². The summed E-state index contributed by atoms with van der Waals surface area (Å²) in [5.74, 6) is -0.669. The summed E-state index contributed by atoms with van der Waals surface area (Å²) in [5, 5.41) is 1.95. The zero-order chi connectivity index (χ0) is 23.6. The number of fused-ring (bicyclic) bond motifs is 2. The van der Waals surface area contributed by atoms with Crippen LogP contribution >= 0.6 is 22.7 Å². The van der Waals surface area contributed by atoms with E-state index in [0.717, 1.165) is 36.0 Å². The van der Waals surface area contributed by atoms with Gasteiger partial charge < -0.3 is 0 Å². The third-order valence-corrected chi connectivity index (χ3v) is 8.95. The molecule has 0 spiro atoms. The van der Waals surface area contributed by atoms with E-state index in [-0.39, 0.29) is 24.3 Å². The molecule has 0 aliphatic rings. The smallest absolute Gasteiger partial charge is 0.265 e. The topological polar surface area (TPSA) is 126 Å². The van der Waals surface area contributed by atoms with Gasteiger partial charge in [0.05, 0.1) is 28.1 Å². The molecule has 0 atom stereocenters. The van der Waals surface area contributed by atoms with Crippen molar-refractivity contribution in [2.45, 2.75) is 32.2 Å². The largest absolute Gasteiger partial charge is 0.286 e. The van der Waals surface area contributed by atoms with E-state index in [1.165, 1.54) is 0 Å².